The van der Waals surface area contributed by atoms with Crippen LogP contribution in [0.1, 0.15) is 45.1 Å². The monoisotopic (exact) mass is 489 g/mol. The van der Waals surface area contributed by atoms with Crippen molar-refractivity contribution >= 4 is 29.6 Å². The summed E-state index contributed by atoms with van der Waals surface area (Å²) in [6, 6.07) is 4.91. The van der Waals surface area contributed by atoms with E-state index < -0.39 is 60.2 Å². The Hall–Kier alpha value is -3.47. The van der Waals surface area contributed by atoms with Crippen LogP contribution in [-0.4, -0.2) is 70.3 Å². The van der Waals surface area contributed by atoms with Crippen molar-refractivity contribution in [1.29, 1.82) is 0 Å². The van der Waals surface area contributed by atoms with Crippen LogP contribution in [0.15, 0.2) is 30.3 Å². The van der Waals surface area contributed by atoms with Crippen LogP contribution >= 0.6 is 0 Å². The zero-order valence-corrected chi connectivity index (χ0v) is 20.1. The van der Waals surface area contributed by atoms with Crippen LogP contribution in [0.5, 0.6) is 0 Å². The molecule has 35 heavy (non-hydrogen) atoms. The molecule has 0 aliphatic carbocycles. The number of nitrogens with two attached hydrogens (primary N) is 2. The van der Waals surface area contributed by atoms with E-state index in [0.29, 0.717) is 6.42 Å². The number of primary amides is 1. The average molecular weight is 490 g/mol. The van der Waals surface area contributed by atoms with Gasteiger partial charge >= 0.3 is 5.97 Å². The molecule has 1 heterocycles. The standard InChI is InChI=1S/C24H35N5O6/c1-14(2)11-17(27-21(31)16(25)12-15-7-4-3-5-8-15)22(32)28-18(13-20(26)30)23(33)29-10-6-9-19(29)24(34)35/h3-5,7-8,14,16-19H,6,9-13,25H2,1-2H3,(H2,26,30)(H,27,31)(H,28,32)(H,34,35). The second-order valence-corrected chi connectivity index (χ2v) is 9.25. The SMILES string of the molecule is CC(C)CC(NC(=O)C(N)Cc1ccccc1)C(=O)NC(CC(N)=O)C(=O)N1CCCC1C(=O)O. The second-order valence-electron chi connectivity index (χ2n) is 9.25. The average Bonchev–Trinajstić information content (AvgIpc) is 3.28. The number of hydrogen-bond acceptors (Lipinski definition) is 6. The third-order valence-electron chi connectivity index (χ3n) is 5.82. The normalized spacial score (nSPS) is 17.9. The van der Waals surface area contributed by atoms with E-state index in [0.717, 1.165) is 10.5 Å². The first kappa shape index (κ1) is 27.8. The number of rotatable bonds is 12. The minimum Gasteiger partial charge on any atom is -0.480 e. The predicted molar refractivity (Wildman–Crippen MR) is 128 cm³/mol. The highest BCUT2D eigenvalue weighted by Crippen LogP contribution is 2.19. The molecule has 0 radical (unpaired) electrons. The zero-order valence-electron chi connectivity index (χ0n) is 20.1. The number of nitrogens with zero attached hydrogens (tertiary/aromatic N) is 1. The maximum absolute atomic E-state index is 13.1. The Balaban J connectivity index is 2.13. The lowest BCUT2D eigenvalue weighted by molar-refractivity contribution is -0.149. The molecule has 1 aromatic carbocycles. The molecule has 2 rings (SSSR count). The Morgan fingerprint density at radius 3 is 2.26 bits per heavy atom. The first-order valence-corrected chi connectivity index (χ1v) is 11.7. The third kappa shape index (κ3) is 8.36. The number of aliphatic carboxylic acids is 1. The van der Waals surface area contributed by atoms with Crippen molar-refractivity contribution in [2.75, 3.05) is 6.54 Å². The molecule has 4 amide bonds. The highest BCUT2D eigenvalue weighted by atomic mass is 16.4. The maximum Gasteiger partial charge on any atom is 0.326 e. The van der Waals surface area contributed by atoms with E-state index in [4.69, 9.17) is 11.5 Å². The van der Waals surface area contributed by atoms with Crippen molar-refractivity contribution in [3.05, 3.63) is 35.9 Å². The number of carboxylic acid groups (broad SMARTS) is 1. The van der Waals surface area contributed by atoms with E-state index in [1.165, 1.54) is 0 Å². The van der Waals surface area contributed by atoms with Crippen LogP contribution in [-0.2, 0) is 30.4 Å². The molecule has 7 N–H and O–H groups in total. The van der Waals surface area contributed by atoms with Crippen LogP contribution in [0, 0.1) is 5.92 Å². The molecule has 4 unspecified atom stereocenters. The van der Waals surface area contributed by atoms with Crippen molar-refractivity contribution in [2.24, 2.45) is 17.4 Å². The minimum atomic E-state index is -1.34. The highest BCUT2D eigenvalue weighted by Gasteiger charge is 2.39. The van der Waals surface area contributed by atoms with Crippen molar-refractivity contribution in [1.82, 2.24) is 15.5 Å². The molecular weight excluding hydrogens is 454 g/mol. The lowest BCUT2D eigenvalue weighted by atomic mass is 10.0. The fourth-order valence-corrected chi connectivity index (χ4v) is 4.10. The maximum atomic E-state index is 13.1. The van der Waals surface area contributed by atoms with Crippen LogP contribution in [0.3, 0.4) is 0 Å². The van der Waals surface area contributed by atoms with Gasteiger partial charge in [0.05, 0.1) is 12.5 Å². The van der Waals surface area contributed by atoms with Crippen LogP contribution in [0.25, 0.3) is 0 Å². The smallest absolute Gasteiger partial charge is 0.326 e. The van der Waals surface area contributed by atoms with Gasteiger partial charge in [-0.05, 0) is 37.2 Å². The van der Waals surface area contributed by atoms with Gasteiger partial charge in [-0.1, -0.05) is 44.2 Å². The van der Waals surface area contributed by atoms with Crippen LogP contribution < -0.4 is 22.1 Å². The summed E-state index contributed by atoms with van der Waals surface area (Å²) in [5.41, 5.74) is 12.2. The van der Waals surface area contributed by atoms with Crippen molar-refractivity contribution in [2.45, 2.75) is 70.1 Å². The van der Waals surface area contributed by atoms with Gasteiger partial charge in [0.25, 0.3) is 0 Å². The summed E-state index contributed by atoms with van der Waals surface area (Å²) in [6.45, 7) is 3.93. The number of carbonyl (C=O) groups excluding carboxylic acids is 4. The number of carbonyl (C=O) groups is 5. The van der Waals surface area contributed by atoms with Gasteiger partial charge in [-0.2, -0.15) is 0 Å². The fourth-order valence-electron chi connectivity index (χ4n) is 4.10. The molecule has 4 atom stereocenters. The zero-order chi connectivity index (χ0) is 26.1. The Labute approximate surface area is 204 Å². The molecule has 1 saturated heterocycles. The number of benzene rings is 1. The molecule has 1 aromatic rings. The number of likely N-dealkylation sites (tertiary alicyclic amines) is 1. The lowest BCUT2D eigenvalue weighted by Gasteiger charge is -2.29. The summed E-state index contributed by atoms with van der Waals surface area (Å²) in [4.78, 5) is 63.1. The van der Waals surface area contributed by atoms with Gasteiger partial charge < -0.3 is 32.1 Å². The summed E-state index contributed by atoms with van der Waals surface area (Å²) in [5, 5.41) is 14.5. The van der Waals surface area contributed by atoms with Gasteiger partial charge in [0.1, 0.15) is 18.1 Å². The summed E-state index contributed by atoms with van der Waals surface area (Å²) in [6.07, 6.45) is 0.809. The molecule has 0 bridgehead atoms. The number of hydrogen-bond donors (Lipinski definition) is 5. The van der Waals surface area contributed by atoms with E-state index in [9.17, 15) is 29.1 Å². The quantitative estimate of drug-likeness (QED) is 0.262. The Bertz CT molecular complexity index is 922. The number of nitrogens with one attached hydrogen (secondary N) is 2. The van der Waals surface area contributed by atoms with Crippen molar-refractivity contribution < 1.29 is 29.1 Å². The summed E-state index contributed by atoms with van der Waals surface area (Å²) >= 11 is 0. The third-order valence-corrected chi connectivity index (χ3v) is 5.82. The Kier molecular flexibility index (Phi) is 10.2. The molecule has 1 aliphatic heterocycles. The lowest BCUT2D eigenvalue weighted by Crippen LogP contribution is -2.58. The largest absolute Gasteiger partial charge is 0.480 e. The van der Waals surface area contributed by atoms with Crippen LogP contribution in [0.2, 0.25) is 0 Å². The molecule has 0 saturated carbocycles. The summed E-state index contributed by atoms with van der Waals surface area (Å²) < 4.78 is 0. The summed E-state index contributed by atoms with van der Waals surface area (Å²) in [5.74, 6) is -3.88. The second kappa shape index (κ2) is 12.8. The Morgan fingerprint density at radius 1 is 1.06 bits per heavy atom. The van der Waals surface area contributed by atoms with Gasteiger partial charge in [-0.3, -0.25) is 19.2 Å². The molecule has 0 spiro atoms. The van der Waals surface area contributed by atoms with E-state index >= 15 is 0 Å². The first-order chi connectivity index (χ1) is 16.5. The van der Waals surface area contributed by atoms with Gasteiger partial charge in [-0.15, -0.1) is 0 Å². The molecule has 11 heteroatoms. The first-order valence-electron chi connectivity index (χ1n) is 11.7. The molecule has 1 aliphatic rings. The number of amides is 4. The fraction of sp³-hybridized carbons (Fsp3) is 0.542. The molecule has 1 fully saturated rings. The van der Waals surface area contributed by atoms with Crippen LogP contribution in [0.4, 0.5) is 0 Å². The van der Waals surface area contributed by atoms with E-state index in [2.05, 4.69) is 10.6 Å². The van der Waals surface area contributed by atoms with Gasteiger partial charge in [0, 0.05) is 6.54 Å². The molecule has 192 valence electrons. The topological polar surface area (TPSA) is 185 Å². The van der Waals surface area contributed by atoms with Gasteiger partial charge in [0.2, 0.25) is 23.6 Å². The molecule has 0 aromatic heterocycles. The van der Waals surface area contributed by atoms with Crippen molar-refractivity contribution in [3.8, 4) is 0 Å². The Morgan fingerprint density at radius 2 is 1.69 bits per heavy atom. The van der Waals surface area contributed by atoms with Gasteiger partial charge in [0.15, 0.2) is 0 Å². The van der Waals surface area contributed by atoms with Crippen molar-refractivity contribution in [3.63, 3.8) is 0 Å². The number of carboxylic acids is 1. The van der Waals surface area contributed by atoms with Gasteiger partial charge in [-0.25, -0.2) is 4.79 Å². The molecule has 11 nitrogen and oxygen atoms in total. The molecular formula is C24H35N5O6. The highest BCUT2D eigenvalue weighted by molar-refractivity contribution is 5.96. The van der Waals surface area contributed by atoms with E-state index in [1.807, 2.05) is 44.2 Å². The minimum absolute atomic E-state index is 0.0108. The predicted octanol–water partition coefficient (Wildman–Crippen LogP) is -0.477. The summed E-state index contributed by atoms with van der Waals surface area (Å²) in [7, 11) is 0. The van der Waals surface area contributed by atoms with E-state index in [-0.39, 0.29) is 31.7 Å². The van der Waals surface area contributed by atoms with E-state index in [1.54, 1.807) is 0 Å².